The van der Waals surface area contributed by atoms with E-state index in [1.807, 2.05) is 50.6 Å². The van der Waals surface area contributed by atoms with Crippen LogP contribution in [0.15, 0.2) is 30.7 Å². The molecule has 0 radical (unpaired) electrons. The van der Waals surface area contributed by atoms with Crippen LogP contribution in [-0.4, -0.2) is 29.7 Å². The normalized spacial score (nSPS) is 12.2. The summed E-state index contributed by atoms with van der Waals surface area (Å²) in [6.45, 7) is 5.96. The smallest absolute Gasteiger partial charge is 0.223 e. The fraction of sp³-hybridized carbons (Fsp3) is 0.312. The maximum Gasteiger partial charge on any atom is 0.223 e. The Morgan fingerprint density at radius 3 is 2.65 bits per heavy atom. The minimum Gasteiger partial charge on any atom is -0.344 e. The van der Waals surface area contributed by atoms with Crippen LogP contribution in [0.25, 0.3) is 11.3 Å². The molecule has 7 nitrogen and oxygen atoms in total. The lowest BCUT2D eigenvalue weighted by molar-refractivity contribution is 0.713. The van der Waals surface area contributed by atoms with Crippen molar-refractivity contribution < 1.29 is 0 Å². The summed E-state index contributed by atoms with van der Waals surface area (Å²) in [5.74, 6) is 1.38. The van der Waals surface area contributed by atoms with E-state index in [0.29, 0.717) is 5.95 Å². The molecule has 3 rings (SSSR count). The van der Waals surface area contributed by atoms with Gasteiger partial charge in [0.1, 0.15) is 6.33 Å². The highest BCUT2D eigenvalue weighted by Gasteiger charge is 2.13. The number of anilines is 1. The standard InChI is InChI=1S/C16H19N7/c1-10-5-6-13(11(2)19-10)14-7-8-17-16(21-14)20-12(3)15-22-18-9-23(15)4/h5-9,12H,1-4H3,(H,17,20,21)/t12-/m1/s1. The molecule has 1 atom stereocenters. The zero-order valence-corrected chi connectivity index (χ0v) is 13.6. The molecule has 0 saturated carbocycles. The quantitative estimate of drug-likeness (QED) is 0.797. The number of nitrogens with one attached hydrogen (secondary N) is 1. The number of hydrogen-bond acceptors (Lipinski definition) is 6. The summed E-state index contributed by atoms with van der Waals surface area (Å²) in [7, 11) is 1.91. The first-order valence-corrected chi connectivity index (χ1v) is 7.42. The number of rotatable bonds is 4. The highest BCUT2D eigenvalue weighted by Crippen LogP contribution is 2.22. The van der Waals surface area contributed by atoms with E-state index in [-0.39, 0.29) is 6.04 Å². The van der Waals surface area contributed by atoms with E-state index in [9.17, 15) is 0 Å². The van der Waals surface area contributed by atoms with Gasteiger partial charge in [-0.25, -0.2) is 9.97 Å². The zero-order valence-electron chi connectivity index (χ0n) is 13.6. The van der Waals surface area contributed by atoms with Crippen LogP contribution in [-0.2, 0) is 7.05 Å². The van der Waals surface area contributed by atoms with Gasteiger partial charge in [-0.1, -0.05) is 0 Å². The number of nitrogens with zero attached hydrogens (tertiary/aromatic N) is 6. The third kappa shape index (κ3) is 3.18. The maximum absolute atomic E-state index is 4.59. The monoisotopic (exact) mass is 309 g/mol. The SMILES string of the molecule is Cc1ccc(-c2ccnc(N[C@H](C)c3nncn3C)n2)c(C)n1. The van der Waals surface area contributed by atoms with Crippen LogP contribution in [0, 0.1) is 13.8 Å². The van der Waals surface area contributed by atoms with Gasteiger partial charge in [0.15, 0.2) is 5.82 Å². The Bertz CT molecular complexity index is 825. The molecule has 7 heteroatoms. The summed E-state index contributed by atoms with van der Waals surface area (Å²) < 4.78 is 1.87. The van der Waals surface area contributed by atoms with Crippen LogP contribution in [0.1, 0.15) is 30.2 Å². The predicted octanol–water partition coefficient (Wildman–Crippen LogP) is 2.46. The molecule has 0 fully saturated rings. The largest absolute Gasteiger partial charge is 0.344 e. The van der Waals surface area contributed by atoms with Gasteiger partial charge in [-0.05, 0) is 39.0 Å². The summed E-state index contributed by atoms with van der Waals surface area (Å²) in [6.07, 6.45) is 3.42. The molecular formula is C16H19N7. The molecule has 0 unspecified atom stereocenters. The summed E-state index contributed by atoms with van der Waals surface area (Å²) in [6, 6.07) is 5.86. The lowest BCUT2D eigenvalue weighted by Crippen LogP contribution is -2.14. The van der Waals surface area contributed by atoms with Crippen molar-refractivity contribution in [3.05, 3.63) is 47.9 Å². The Labute approximate surface area is 134 Å². The second kappa shape index (κ2) is 6.12. The first-order valence-electron chi connectivity index (χ1n) is 7.42. The van der Waals surface area contributed by atoms with E-state index in [1.54, 1.807) is 12.5 Å². The summed E-state index contributed by atoms with van der Waals surface area (Å²) in [4.78, 5) is 13.4. The molecule has 0 aliphatic rings. The molecule has 0 aromatic carbocycles. The second-order valence-electron chi connectivity index (χ2n) is 5.52. The van der Waals surface area contributed by atoms with Gasteiger partial charge < -0.3 is 9.88 Å². The third-order valence-corrected chi connectivity index (χ3v) is 3.64. The van der Waals surface area contributed by atoms with E-state index in [2.05, 4.69) is 30.5 Å². The van der Waals surface area contributed by atoms with Crippen molar-refractivity contribution in [2.75, 3.05) is 5.32 Å². The Hall–Kier alpha value is -2.83. The van der Waals surface area contributed by atoms with E-state index in [0.717, 1.165) is 28.5 Å². The Morgan fingerprint density at radius 2 is 1.96 bits per heavy atom. The van der Waals surface area contributed by atoms with Crippen LogP contribution in [0.3, 0.4) is 0 Å². The fourth-order valence-electron chi connectivity index (χ4n) is 2.48. The molecule has 1 N–H and O–H groups in total. The van der Waals surface area contributed by atoms with Crippen molar-refractivity contribution in [2.24, 2.45) is 7.05 Å². The minimum absolute atomic E-state index is 0.0463. The van der Waals surface area contributed by atoms with E-state index in [4.69, 9.17) is 0 Å². The van der Waals surface area contributed by atoms with E-state index in [1.165, 1.54) is 0 Å². The first kappa shape index (κ1) is 15.1. The zero-order chi connectivity index (χ0) is 16.4. The summed E-state index contributed by atoms with van der Waals surface area (Å²) in [5.41, 5.74) is 3.80. The number of aromatic nitrogens is 6. The lowest BCUT2D eigenvalue weighted by atomic mass is 10.1. The van der Waals surface area contributed by atoms with Crippen LogP contribution in [0.2, 0.25) is 0 Å². The maximum atomic E-state index is 4.59. The van der Waals surface area contributed by atoms with Crippen LogP contribution in [0.4, 0.5) is 5.95 Å². The molecule has 118 valence electrons. The van der Waals surface area contributed by atoms with Gasteiger partial charge in [-0.15, -0.1) is 10.2 Å². The van der Waals surface area contributed by atoms with Gasteiger partial charge in [0.05, 0.1) is 11.7 Å². The molecule has 0 bridgehead atoms. The first-order chi connectivity index (χ1) is 11.0. The van der Waals surface area contributed by atoms with E-state index < -0.39 is 0 Å². The highest BCUT2D eigenvalue weighted by molar-refractivity contribution is 5.62. The van der Waals surface area contributed by atoms with Crippen molar-refractivity contribution >= 4 is 5.95 Å². The highest BCUT2D eigenvalue weighted by atomic mass is 15.3. The van der Waals surface area contributed by atoms with Crippen LogP contribution in [0.5, 0.6) is 0 Å². The van der Waals surface area contributed by atoms with Crippen molar-refractivity contribution in [3.63, 3.8) is 0 Å². The Morgan fingerprint density at radius 1 is 1.13 bits per heavy atom. The van der Waals surface area contributed by atoms with Gasteiger partial charge in [0.25, 0.3) is 0 Å². The molecule has 3 heterocycles. The molecule has 0 spiro atoms. The lowest BCUT2D eigenvalue weighted by Gasteiger charge is -2.13. The molecular weight excluding hydrogens is 290 g/mol. The predicted molar refractivity (Wildman–Crippen MR) is 87.8 cm³/mol. The van der Waals surface area contributed by atoms with Gasteiger partial charge >= 0.3 is 0 Å². The Kier molecular flexibility index (Phi) is 4.01. The fourth-order valence-corrected chi connectivity index (χ4v) is 2.48. The Balaban J connectivity index is 1.87. The van der Waals surface area contributed by atoms with Crippen molar-refractivity contribution in [1.82, 2.24) is 29.7 Å². The molecule has 0 amide bonds. The van der Waals surface area contributed by atoms with E-state index >= 15 is 0 Å². The molecule has 3 aromatic rings. The van der Waals surface area contributed by atoms with Crippen molar-refractivity contribution in [3.8, 4) is 11.3 Å². The van der Waals surface area contributed by atoms with Gasteiger partial charge in [0.2, 0.25) is 5.95 Å². The van der Waals surface area contributed by atoms with Crippen molar-refractivity contribution in [1.29, 1.82) is 0 Å². The van der Waals surface area contributed by atoms with Crippen LogP contribution >= 0.6 is 0 Å². The number of pyridine rings is 1. The van der Waals surface area contributed by atoms with Gasteiger partial charge in [0, 0.05) is 30.2 Å². The number of hydrogen-bond donors (Lipinski definition) is 1. The summed E-state index contributed by atoms with van der Waals surface area (Å²) >= 11 is 0. The molecule has 3 aromatic heterocycles. The van der Waals surface area contributed by atoms with Gasteiger partial charge in [-0.3, -0.25) is 4.98 Å². The molecule has 0 aliphatic heterocycles. The average Bonchev–Trinajstić information content (AvgIpc) is 2.94. The average molecular weight is 309 g/mol. The molecule has 0 saturated heterocycles. The summed E-state index contributed by atoms with van der Waals surface area (Å²) in [5, 5.41) is 11.3. The van der Waals surface area contributed by atoms with Crippen molar-refractivity contribution in [2.45, 2.75) is 26.8 Å². The third-order valence-electron chi connectivity index (χ3n) is 3.64. The number of aryl methyl sites for hydroxylation is 3. The molecule has 0 aliphatic carbocycles. The molecule has 23 heavy (non-hydrogen) atoms. The van der Waals surface area contributed by atoms with Crippen LogP contribution < -0.4 is 5.32 Å². The topological polar surface area (TPSA) is 81.4 Å². The second-order valence-corrected chi connectivity index (χ2v) is 5.52. The van der Waals surface area contributed by atoms with Gasteiger partial charge in [-0.2, -0.15) is 0 Å². The minimum atomic E-state index is -0.0463.